The summed E-state index contributed by atoms with van der Waals surface area (Å²) in [5, 5.41) is 0. The van der Waals surface area contributed by atoms with Crippen molar-refractivity contribution >= 4 is 17.4 Å². The van der Waals surface area contributed by atoms with Crippen LogP contribution in [0.2, 0.25) is 0 Å². The van der Waals surface area contributed by atoms with E-state index in [0.717, 1.165) is 11.4 Å². The first-order valence-electron chi connectivity index (χ1n) is 5.70. The van der Waals surface area contributed by atoms with E-state index in [1.165, 1.54) is 21.6 Å². The zero-order chi connectivity index (χ0) is 12.3. The second-order valence-corrected chi connectivity index (χ2v) is 5.28. The maximum absolute atomic E-state index is 5.90. The van der Waals surface area contributed by atoms with Crippen LogP contribution in [0.3, 0.4) is 0 Å². The Labute approximate surface area is 107 Å². The van der Waals surface area contributed by atoms with E-state index >= 15 is 0 Å². The molecule has 0 unspecified atom stereocenters. The summed E-state index contributed by atoms with van der Waals surface area (Å²) in [5.74, 6) is 0.972. The second kappa shape index (κ2) is 5.28. The third-order valence-corrected chi connectivity index (χ3v) is 3.96. The molecule has 2 N–H and O–H groups in total. The van der Waals surface area contributed by atoms with E-state index in [4.69, 9.17) is 5.73 Å². The SMILES string of the molecule is Cc1ccc(SCc2cccc(N)c2C)cc1. The summed E-state index contributed by atoms with van der Waals surface area (Å²) in [4.78, 5) is 1.30. The summed E-state index contributed by atoms with van der Waals surface area (Å²) in [6.45, 7) is 4.19. The summed E-state index contributed by atoms with van der Waals surface area (Å²) in [6, 6.07) is 14.8. The molecule has 17 heavy (non-hydrogen) atoms. The lowest BCUT2D eigenvalue weighted by Gasteiger charge is -2.08. The predicted octanol–water partition coefficient (Wildman–Crippen LogP) is 4.18. The van der Waals surface area contributed by atoms with E-state index in [9.17, 15) is 0 Å². The summed E-state index contributed by atoms with van der Waals surface area (Å²) >= 11 is 1.85. The zero-order valence-electron chi connectivity index (χ0n) is 10.2. The Hall–Kier alpha value is -1.41. The molecule has 0 saturated heterocycles. The topological polar surface area (TPSA) is 26.0 Å². The summed E-state index contributed by atoms with van der Waals surface area (Å²) < 4.78 is 0. The fourth-order valence-corrected chi connectivity index (χ4v) is 2.62. The van der Waals surface area contributed by atoms with Crippen molar-refractivity contribution in [2.45, 2.75) is 24.5 Å². The molecule has 0 radical (unpaired) electrons. The van der Waals surface area contributed by atoms with Crippen LogP contribution in [0.5, 0.6) is 0 Å². The van der Waals surface area contributed by atoms with Gasteiger partial charge in [0, 0.05) is 16.3 Å². The first-order valence-corrected chi connectivity index (χ1v) is 6.69. The molecule has 0 aliphatic carbocycles. The minimum Gasteiger partial charge on any atom is -0.399 e. The lowest BCUT2D eigenvalue weighted by Crippen LogP contribution is -1.93. The van der Waals surface area contributed by atoms with Gasteiger partial charge in [-0.2, -0.15) is 0 Å². The highest BCUT2D eigenvalue weighted by Gasteiger charge is 2.02. The summed E-state index contributed by atoms with van der Waals surface area (Å²) in [7, 11) is 0. The van der Waals surface area contributed by atoms with Crippen molar-refractivity contribution in [2.24, 2.45) is 0 Å². The number of anilines is 1. The number of hydrogen-bond acceptors (Lipinski definition) is 2. The van der Waals surface area contributed by atoms with Crippen molar-refractivity contribution in [2.75, 3.05) is 5.73 Å². The van der Waals surface area contributed by atoms with E-state index in [-0.39, 0.29) is 0 Å². The summed E-state index contributed by atoms with van der Waals surface area (Å²) in [5.41, 5.74) is 10.6. The lowest BCUT2D eigenvalue weighted by atomic mass is 10.1. The summed E-state index contributed by atoms with van der Waals surface area (Å²) in [6.07, 6.45) is 0. The Morgan fingerprint density at radius 1 is 1.00 bits per heavy atom. The van der Waals surface area contributed by atoms with Crippen molar-refractivity contribution in [3.63, 3.8) is 0 Å². The van der Waals surface area contributed by atoms with Crippen LogP contribution < -0.4 is 5.73 Å². The number of rotatable bonds is 3. The molecular weight excluding hydrogens is 226 g/mol. The molecular formula is C15H17NS. The molecule has 0 fully saturated rings. The van der Waals surface area contributed by atoms with Gasteiger partial charge in [0.25, 0.3) is 0 Å². The van der Waals surface area contributed by atoms with Crippen LogP contribution in [0, 0.1) is 13.8 Å². The van der Waals surface area contributed by atoms with Crippen LogP contribution in [0.25, 0.3) is 0 Å². The number of thioether (sulfide) groups is 1. The van der Waals surface area contributed by atoms with Gasteiger partial charge in [0.1, 0.15) is 0 Å². The molecule has 0 heterocycles. The van der Waals surface area contributed by atoms with Crippen LogP contribution in [0.1, 0.15) is 16.7 Å². The highest BCUT2D eigenvalue weighted by atomic mass is 32.2. The largest absolute Gasteiger partial charge is 0.399 e. The Kier molecular flexibility index (Phi) is 3.75. The number of hydrogen-bond donors (Lipinski definition) is 1. The molecule has 0 spiro atoms. The van der Waals surface area contributed by atoms with Crippen molar-refractivity contribution in [1.29, 1.82) is 0 Å². The molecule has 0 aliphatic heterocycles. The fraction of sp³-hybridized carbons (Fsp3) is 0.200. The quantitative estimate of drug-likeness (QED) is 0.646. The number of aryl methyl sites for hydroxylation is 1. The fourth-order valence-electron chi connectivity index (χ4n) is 1.66. The normalized spacial score (nSPS) is 10.5. The standard InChI is InChI=1S/C15H17NS/c1-11-6-8-14(9-7-11)17-10-13-4-3-5-15(16)12(13)2/h3-9H,10,16H2,1-2H3. The average molecular weight is 243 g/mol. The second-order valence-electron chi connectivity index (χ2n) is 4.23. The van der Waals surface area contributed by atoms with Gasteiger partial charge in [0.2, 0.25) is 0 Å². The van der Waals surface area contributed by atoms with E-state index in [2.05, 4.69) is 44.2 Å². The van der Waals surface area contributed by atoms with Gasteiger partial charge in [-0.25, -0.2) is 0 Å². The average Bonchev–Trinajstić information content (AvgIpc) is 2.33. The van der Waals surface area contributed by atoms with Gasteiger partial charge in [-0.1, -0.05) is 29.8 Å². The van der Waals surface area contributed by atoms with Crippen LogP contribution in [0.15, 0.2) is 47.4 Å². The molecule has 0 atom stereocenters. The highest BCUT2D eigenvalue weighted by Crippen LogP contribution is 2.26. The van der Waals surface area contributed by atoms with Crippen molar-refractivity contribution in [1.82, 2.24) is 0 Å². The van der Waals surface area contributed by atoms with Crippen molar-refractivity contribution < 1.29 is 0 Å². The molecule has 0 aromatic heterocycles. The molecule has 1 nitrogen and oxygen atoms in total. The van der Waals surface area contributed by atoms with Crippen LogP contribution in [-0.4, -0.2) is 0 Å². The van der Waals surface area contributed by atoms with Crippen LogP contribution >= 0.6 is 11.8 Å². The van der Waals surface area contributed by atoms with Gasteiger partial charge in [-0.15, -0.1) is 11.8 Å². The molecule has 0 aliphatic rings. The molecule has 2 aromatic carbocycles. The van der Waals surface area contributed by atoms with Gasteiger partial charge in [-0.05, 0) is 43.2 Å². The molecule has 0 bridgehead atoms. The molecule has 2 heteroatoms. The Morgan fingerprint density at radius 2 is 1.71 bits per heavy atom. The van der Waals surface area contributed by atoms with E-state index in [1.54, 1.807) is 0 Å². The maximum atomic E-state index is 5.90. The first kappa shape index (κ1) is 12.1. The first-order chi connectivity index (χ1) is 8.16. The van der Waals surface area contributed by atoms with Gasteiger partial charge in [-0.3, -0.25) is 0 Å². The minimum atomic E-state index is 0.881. The third-order valence-electron chi connectivity index (χ3n) is 2.90. The molecule has 0 amide bonds. The van der Waals surface area contributed by atoms with Crippen molar-refractivity contribution in [3.8, 4) is 0 Å². The minimum absolute atomic E-state index is 0.881. The number of nitrogens with two attached hydrogens (primary N) is 1. The monoisotopic (exact) mass is 243 g/mol. The Bertz CT molecular complexity index is 503. The third kappa shape index (κ3) is 3.04. The zero-order valence-corrected chi connectivity index (χ0v) is 11.1. The lowest BCUT2D eigenvalue weighted by molar-refractivity contribution is 1.30. The Balaban J connectivity index is 2.07. The van der Waals surface area contributed by atoms with Gasteiger partial charge < -0.3 is 5.73 Å². The van der Waals surface area contributed by atoms with Gasteiger partial charge >= 0.3 is 0 Å². The van der Waals surface area contributed by atoms with Crippen molar-refractivity contribution in [3.05, 3.63) is 59.2 Å². The van der Waals surface area contributed by atoms with Gasteiger partial charge in [0.05, 0.1) is 0 Å². The molecule has 2 aromatic rings. The van der Waals surface area contributed by atoms with E-state index in [1.807, 2.05) is 23.9 Å². The van der Waals surface area contributed by atoms with E-state index < -0.39 is 0 Å². The van der Waals surface area contributed by atoms with Crippen LogP contribution in [0.4, 0.5) is 5.69 Å². The predicted molar refractivity (Wildman–Crippen MR) is 76.3 cm³/mol. The van der Waals surface area contributed by atoms with Crippen LogP contribution in [-0.2, 0) is 5.75 Å². The molecule has 2 rings (SSSR count). The molecule has 0 saturated carbocycles. The smallest absolute Gasteiger partial charge is 0.0346 e. The molecule has 88 valence electrons. The van der Waals surface area contributed by atoms with E-state index in [0.29, 0.717) is 0 Å². The highest BCUT2D eigenvalue weighted by molar-refractivity contribution is 7.98. The maximum Gasteiger partial charge on any atom is 0.0346 e. The Morgan fingerprint density at radius 3 is 2.41 bits per heavy atom. The number of nitrogen functional groups attached to an aromatic ring is 1. The van der Waals surface area contributed by atoms with Gasteiger partial charge in [0.15, 0.2) is 0 Å². The number of benzene rings is 2.